The zero-order valence-corrected chi connectivity index (χ0v) is 34.3. The first-order valence-electron chi connectivity index (χ1n) is 19.5. The zero-order chi connectivity index (χ0) is 38.7. The predicted octanol–water partition coefficient (Wildman–Crippen LogP) is 13.2. The van der Waals surface area contributed by atoms with Crippen LogP contribution in [0.4, 0.5) is 0 Å². The Morgan fingerprint density at radius 3 is 2.04 bits per heavy atom. The van der Waals surface area contributed by atoms with Crippen molar-refractivity contribution >= 4 is 21.8 Å². The molecule has 0 aliphatic heterocycles. The van der Waals surface area contributed by atoms with E-state index in [1.165, 1.54) is 55.4 Å². The molecular weight excluding hydrogens is 661 g/mol. The highest BCUT2D eigenvalue weighted by atomic mass is 16.5. The molecule has 0 saturated heterocycles. The van der Waals surface area contributed by atoms with Gasteiger partial charge in [0.1, 0.15) is 17.3 Å². The van der Waals surface area contributed by atoms with Gasteiger partial charge in [0, 0.05) is 34.7 Å². The lowest BCUT2D eigenvalue weighted by molar-refractivity contribution is 0.478. The van der Waals surface area contributed by atoms with Crippen LogP contribution in [0.5, 0.6) is 11.5 Å². The van der Waals surface area contributed by atoms with Gasteiger partial charge in [-0.1, -0.05) is 91.3 Å². The summed E-state index contributed by atoms with van der Waals surface area (Å²) in [5, 5.41) is 7.66. The molecule has 0 spiro atoms. The van der Waals surface area contributed by atoms with Gasteiger partial charge in [-0.05, 0) is 128 Å². The van der Waals surface area contributed by atoms with Gasteiger partial charge >= 0.3 is 0 Å². The average Bonchev–Trinajstić information content (AvgIpc) is 3.60. The summed E-state index contributed by atoms with van der Waals surface area (Å²) in [5.41, 5.74) is 14.3. The smallest absolute Gasteiger partial charge is 0.137 e. The van der Waals surface area contributed by atoms with Crippen LogP contribution in [0.25, 0.3) is 44.4 Å². The molecule has 7 aromatic rings. The topological polar surface area (TPSA) is 44.9 Å². The number of pyridine rings is 1. The first-order valence-corrected chi connectivity index (χ1v) is 19.5. The second-order valence-electron chi connectivity index (χ2n) is 17.8. The molecule has 5 nitrogen and oxygen atoms in total. The molecule has 5 heteroatoms. The first kappa shape index (κ1) is 37.2. The molecule has 0 amide bonds. The molecule has 0 fully saturated rings. The fourth-order valence-corrected chi connectivity index (χ4v) is 7.95. The second-order valence-corrected chi connectivity index (χ2v) is 17.8. The largest absolute Gasteiger partial charge is 0.457 e. The van der Waals surface area contributed by atoms with Gasteiger partial charge in [-0.25, -0.2) is 9.67 Å². The maximum Gasteiger partial charge on any atom is 0.137 e. The lowest BCUT2D eigenvalue weighted by atomic mass is 9.86. The van der Waals surface area contributed by atoms with Gasteiger partial charge < -0.3 is 4.74 Å². The lowest BCUT2D eigenvalue weighted by Crippen LogP contribution is -2.13. The molecule has 4 aromatic carbocycles. The Labute approximate surface area is 322 Å². The van der Waals surface area contributed by atoms with Crippen molar-refractivity contribution < 1.29 is 4.74 Å². The number of hydrogen-bond donors (Lipinski definition) is 0. The van der Waals surface area contributed by atoms with Crippen molar-refractivity contribution in [3.63, 3.8) is 0 Å². The third kappa shape index (κ3) is 7.09. The molecule has 0 aliphatic rings. The number of ether oxygens (including phenoxy) is 1. The van der Waals surface area contributed by atoms with Crippen LogP contribution in [0, 0.1) is 33.6 Å². The van der Waals surface area contributed by atoms with E-state index in [1.54, 1.807) is 0 Å². The van der Waals surface area contributed by atoms with E-state index in [4.69, 9.17) is 14.8 Å². The highest BCUT2D eigenvalue weighted by Crippen LogP contribution is 2.40. The van der Waals surface area contributed by atoms with Gasteiger partial charge in [0.25, 0.3) is 0 Å². The minimum atomic E-state index is -0.110. The fourth-order valence-electron chi connectivity index (χ4n) is 7.95. The van der Waals surface area contributed by atoms with Gasteiger partial charge in [0.2, 0.25) is 0 Å². The minimum Gasteiger partial charge on any atom is -0.457 e. The highest BCUT2D eigenvalue weighted by molar-refractivity contribution is 6.09. The van der Waals surface area contributed by atoms with Crippen molar-refractivity contribution in [1.29, 1.82) is 0 Å². The Kier molecular flexibility index (Phi) is 9.58. The number of para-hydroxylation sites is 1. The van der Waals surface area contributed by atoms with Crippen molar-refractivity contribution in [2.45, 2.75) is 107 Å². The van der Waals surface area contributed by atoms with Crippen LogP contribution in [-0.2, 0) is 17.3 Å². The van der Waals surface area contributed by atoms with Gasteiger partial charge in [-0.15, -0.1) is 0 Å². The van der Waals surface area contributed by atoms with Crippen LogP contribution < -0.4 is 4.74 Å². The van der Waals surface area contributed by atoms with Crippen LogP contribution in [0.15, 0.2) is 91.1 Å². The number of aromatic nitrogens is 4. The number of rotatable bonds is 8. The van der Waals surface area contributed by atoms with Crippen molar-refractivity contribution in [2.24, 2.45) is 5.92 Å². The molecule has 0 unspecified atom stereocenters. The molecule has 278 valence electrons. The van der Waals surface area contributed by atoms with E-state index < -0.39 is 0 Å². The summed E-state index contributed by atoms with van der Waals surface area (Å²) in [6, 6.07) is 30.6. The second kappa shape index (κ2) is 13.9. The average molecular weight is 717 g/mol. The van der Waals surface area contributed by atoms with E-state index >= 15 is 0 Å². The van der Waals surface area contributed by atoms with Gasteiger partial charge in [0.15, 0.2) is 0 Å². The van der Waals surface area contributed by atoms with Gasteiger partial charge in [0.05, 0.1) is 28.1 Å². The number of benzene rings is 4. The first-order chi connectivity index (χ1) is 25.5. The molecule has 54 heavy (non-hydrogen) atoms. The monoisotopic (exact) mass is 716 g/mol. The van der Waals surface area contributed by atoms with Crippen LogP contribution in [0.1, 0.15) is 101 Å². The standard InChI is InChI=1S/C49H56N4O/c1-30(2)17-20-43-47(46-32(4)23-31(3)24-33(46)5)34(6)51-53(43)37-25-36(49(10,11)12)26-39(28-37)54-38-18-19-41-40-15-13-14-16-42(40)52(44(41)29-38)45-27-35(21-22-50-45)48(7,8)9/h13-16,18-19,21-30H,17,20H2,1-12H3. The van der Waals surface area contributed by atoms with Crippen molar-refractivity contribution in [3.05, 3.63) is 130 Å². The van der Waals surface area contributed by atoms with Gasteiger partial charge in [-0.3, -0.25) is 4.57 Å². The molecule has 0 N–H and O–H groups in total. The Morgan fingerprint density at radius 2 is 1.35 bits per heavy atom. The summed E-state index contributed by atoms with van der Waals surface area (Å²) in [4.78, 5) is 4.89. The van der Waals surface area contributed by atoms with E-state index in [-0.39, 0.29) is 10.8 Å². The normalized spacial score (nSPS) is 12.4. The van der Waals surface area contributed by atoms with E-state index in [1.807, 2.05) is 6.20 Å². The van der Waals surface area contributed by atoms with Crippen LogP contribution >= 0.6 is 0 Å². The number of aryl methyl sites for hydroxylation is 4. The Hall–Kier alpha value is -5.16. The number of fused-ring (bicyclic) bond motifs is 3. The molecular formula is C49H56N4O. The zero-order valence-electron chi connectivity index (χ0n) is 34.3. The fraction of sp³-hybridized carbons (Fsp3) is 0.347. The maximum atomic E-state index is 6.89. The minimum absolute atomic E-state index is 0.000821. The van der Waals surface area contributed by atoms with Crippen molar-refractivity contribution in [1.82, 2.24) is 19.3 Å². The number of nitrogens with zero attached hydrogens (tertiary/aromatic N) is 4. The molecule has 7 rings (SSSR count). The lowest BCUT2D eigenvalue weighted by Gasteiger charge is -2.22. The van der Waals surface area contributed by atoms with Crippen molar-refractivity contribution in [3.8, 4) is 34.1 Å². The van der Waals surface area contributed by atoms with Crippen LogP contribution in [0.2, 0.25) is 0 Å². The molecule has 0 aliphatic carbocycles. The Bertz CT molecular complexity index is 2490. The van der Waals surface area contributed by atoms with Crippen LogP contribution in [-0.4, -0.2) is 19.3 Å². The Morgan fingerprint density at radius 1 is 0.667 bits per heavy atom. The third-order valence-electron chi connectivity index (χ3n) is 10.8. The summed E-state index contributed by atoms with van der Waals surface area (Å²) in [6.07, 6.45) is 3.93. The SMILES string of the molecule is Cc1cc(C)c(-c2c(C)nn(-c3cc(Oc4ccc5c6ccccc6n(-c6cc(C(C)(C)C)ccn6)c5c4)cc(C(C)(C)C)c3)c2CCC(C)C)c(C)c1. The molecule has 0 atom stereocenters. The molecule has 3 aromatic heterocycles. The van der Waals surface area contributed by atoms with E-state index in [2.05, 4.69) is 177 Å². The predicted molar refractivity (Wildman–Crippen MR) is 227 cm³/mol. The third-order valence-corrected chi connectivity index (χ3v) is 10.8. The summed E-state index contributed by atoms with van der Waals surface area (Å²) < 4.78 is 11.4. The molecule has 0 bridgehead atoms. The Balaban J connectivity index is 1.38. The highest BCUT2D eigenvalue weighted by Gasteiger charge is 2.24. The van der Waals surface area contributed by atoms with Crippen molar-refractivity contribution in [2.75, 3.05) is 0 Å². The molecule has 3 heterocycles. The molecule has 0 radical (unpaired) electrons. The quantitative estimate of drug-likeness (QED) is 0.157. The van der Waals surface area contributed by atoms with E-state index in [0.717, 1.165) is 52.6 Å². The summed E-state index contributed by atoms with van der Waals surface area (Å²) >= 11 is 0. The van der Waals surface area contributed by atoms with E-state index in [0.29, 0.717) is 5.92 Å². The maximum absolute atomic E-state index is 6.89. The van der Waals surface area contributed by atoms with Crippen LogP contribution in [0.3, 0.4) is 0 Å². The summed E-state index contributed by atoms with van der Waals surface area (Å²) in [7, 11) is 0. The van der Waals surface area contributed by atoms with Gasteiger partial charge in [-0.2, -0.15) is 5.10 Å². The van der Waals surface area contributed by atoms with E-state index in [9.17, 15) is 0 Å². The summed E-state index contributed by atoms with van der Waals surface area (Å²) in [5.74, 6) is 3.04. The summed E-state index contributed by atoms with van der Waals surface area (Å²) in [6.45, 7) is 26.9. The molecule has 0 saturated carbocycles. The number of hydrogen-bond acceptors (Lipinski definition) is 3.